The van der Waals surface area contributed by atoms with Crippen LogP contribution in [0.15, 0.2) is 58.8 Å². The maximum absolute atomic E-state index is 12.9. The number of amides is 2. The van der Waals surface area contributed by atoms with Gasteiger partial charge in [0.2, 0.25) is 11.8 Å². The maximum atomic E-state index is 12.9. The molecule has 1 atom stereocenters. The van der Waals surface area contributed by atoms with Gasteiger partial charge in [0.15, 0.2) is 5.13 Å². The van der Waals surface area contributed by atoms with Crippen molar-refractivity contribution >= 4 is 45.7 Å². The van der Waals surface area contributed by atoms with Crippen molar-refractivity contribution in [3.63, 3.8) is 0 Å². The molecule has 3 aromatic rings. The second-order valence-corrected chi connectivity index (χ2v) is 11.4. The minimum absolute atomic E-state index is 0.0115. The van der Waals surface area contributed by atoms with Crippen molar-refractivity contribution in [1.82, 2.24) is 4.98 Å². The van der Waals surface area contributed by atoms with Crippen LogP contribution in [-0.4, -0.2) is 22.0 Å². The fourth-order valence-electron chi connectivity index (χ4n) is 3.19. The summed E-state index contributed by atoms with van der Waals surface area (Å²) in [6.45, 7) is 10.2. The number of thioether (sulfide) groups is 1. The monoisotopic (exact) mass is 481 g/mol. The number of carbonyl (C=O) groups excluding carboxylic acids is 2. The lowest BCUT2D eigenvalue weighted by Crippen LogP contribution is -2.24. The number of aromatic nitrogens is 1. The van der Waals surface area contributed by atoms with Gasteiger partial charge < -0.3 is 10.6 Å². The van der Waals surface area contributed by atoms with Crippen LogP contribution in [0.1, 0.15) is 46.1 Å². The van der Waals surface area contributed by atoms with Gasteiger partial charge in [-0.05, 0) is 37.0 Å². The zero-order valence-electron chi connectivity index (χ0n) is 19.8. The number of benzene rings is 2. The summed E-state index contributed by atoms with van der Waals surface area (Å²) in [5.74, 6) is -0.0861. The second-order valence-electron chi connectivity index (χ2n) is 9.22. The number of nitrogens with zero attached hydrogens (tertiary/aromatic N) is 1. The van der Waals surface area contributed by atoms with Crippen LogP contribution >= 0.6 is 23.1 Å². The van der Waals surface area contributed by atoms with Crippen LogP contribution in [0.2, 0.25) is 0 Å². The minimum atomic E-state index is -0.266. The van der Waals surface area contributed by atoms with Crippen LogP contribution in [0.3, 0.4) is 0 Å². The van der Waals surface area contributed by atoms with E-state index in [9.17, 15) is 9.59 Å². The Bertz CT molecular complexity index is 1100. The van der Waals surface area contributed by atoms with Gasteiger partial charge in [-0.25, -0.2) is 4.98 Å². The Kier molecular flexibility index (Phi) is 8.32. The lowest BCUT2D eigenvalue weighted by atomic mass is 9.92. The fourth-order valence-corrected chi connectivity index (χ4v) is 4.93. The molecular formula is C26H31N3O2S2. The molecule has 0 saturated heterocycles. The molecule has 0 aliphatic carbocycles. The summed E-state index contributed by atoms with van der Waals surface area (Å²) in [4.78, 5) is 30.7. The molecule has 0 radical (unpaired) electrons. The molecule has 3 rings (SSSR count). The Balaban J connectivity index is 1.62. The average Bonchev–Trinajstić information content (AvgIpc) is 3.19. The molecule has 1 heterocycles. The van der Waals surface area contributed by atoms with Gasteiger partial charge in [0.05, 0.1) is 10.9 Å². The highest BCUT2D eigenvalue weighted by atomic mass is 32.2. The second kappa shape index (κ2) is 11.0. The molecule has 1 unspecified atom stereocenters. The third kappa shape index (κ3) is 7.72. The number of thiazole rings is 1. The van der Waals surface area contributed by atoms with E-state index < -0.39 is 0 Å². The van der Waals surface area contributed by atoms with Crippen molar-refractivity contribution in [3.05, 3.63) is 59.5 Å². The van der Waals surface area contributed by atoms with Crippen molar-refractivity contribution in [3.8, 4) is 11.3 Å². The molecule has 0 spiro atoms. The third-order valence-corrected chi connectivity index (χ3v) is 6.95. The topological polar surface area (TPSA) is 71.1 Å². The van der Waals surface area contributed by atoms with E-state index in [1.54, 1.807) is 0 Å². The molecule has 0 saturated carbocycles. The SMILES string of the molecule is CCC(Sc1cccc(NC(=O)CC(C)(C)C)c1)C(=O)Nc1nc(-c2ccc(C)cc2)cs1. The molecule has 0 aliphatic heterocycles. The van der Waals surface area contributed by atoms with Gasteiger partial charge in [-0.15, -0.1) is 23.1 Å². The number of hydrogen-bond donors (Lipinski definition) is 2. The molecule has 1 aromatic heterocycles. The lowest BCUT2D eigenvalue weighted by molar-refractivity contribution is -0.118. The molecule has 174 valence electrons. The number of rotatable bonds is 8. The molecule has 2 amide bonds. The molecule has 33 heavy (non-hydrogen) atoms. The quantitative estimate of drug-likeness (QED) is 0.340. The van der Waals surface area contributed by atoms with E-state index in [0.717, 1.165) is 21.8 Å². The molecule has 7 heteroatoms. The summed E-state index contributed by atoms with van der Waals surface area (Å²) in [7, 11) is 0. The highest BCUT2D eigenvalue weighted by Crippen LogP contribution is 2.30. The Morgan fingerprint density at radius 3 is 2.48 bits per heavy atom. The lowest BCUT2D eigenvalue weighted by Gasteiger charge is -2.18. The standard InChI is InChI=1S/C26H31N3O2S2/c1-6-22(33-20-9-7-8-19(14-20)27-23(30)15-26(3,4)5)24(31)29-25-28-21(16-32-25)18-12-10-17(2)11-13-18/h7-14,16,22H,6,15H2,1-5H3,(H,27,30)(H,28,29,31). The smallest absolute Gasteiger partial charge is 0.239 e. The maximum Gasteiger partial charge on any atom is 0.239 e. The summed E-state index contributed by atoms with van der Waals surface area (Å²) >= 11 is 2.91. The summed E-state index contributed by atoms with van der Waals surface area (Å²) < 4.78 is 0. The largest absolute Gasteiger partial charge is 0.326 e. The van der Waals surface area contributed by atoms with Gasteiger partial charge >= 0.3 is 0 Å². The summed E-state index contributed by atoms with van der Waals surface area (Å²) in [6.07, 6.45) is 1.12. The first-order valence-electron chi connectivity index (χ1n) is 11.0. The van der Waals surface area contributed by atoms with Gasteiger partial charge in [-0.2, -0.15) is 0 Å². The number of nitrogens with one attached hydrogen (secondary N) is 2. The third-order valence-electron chi connectivity index (χ3n) is 4.83. The Morgan fingerprint density at radius 1 is 1.09 bits per heavy atom. The summed E-state index contributed by atoms with van der Waals surface area (Å²) in [5, 5.41) is 8.21. The Morgan fingerprint density at radius 2 is 1.82 bits per heavy atom. The van der Waals surface area contributed by atoms with E-state index in [4.69, 9.17) is 0 Å². The predicted molar refractivity (Wildman–Crippen MR) is 140 cm³/mol. The number of aryl methyl sites for hydroxylation is 1. The number of anilines is 2. The molecule has 2 N–H and O–H groups in total. The number of hydrogen-bond acceptors (Lipinski definition) is 5. The van der Waals surface area contributed by atoms with E-state index in [1.165, 1.54) is 28.7 Å². The van der Waals surface area contributed by atoms with Crippen LogP contribution in [-0.2, 0) is 9.59 Å². The molecule has 2 aromatic carbocycles. The van der Waals surface area contributed by atoms with Gasteiger partial charge in [0.25, 0.3) is 0 Å². The van der Waals surface area contributed by atoms with Crippen LogP contribution in [0.25, 0.3) is 11.3 Å². The Hall–Kier alpha value is -2.64. The van der Waals surface area contributed by atoms with Crippen LogP contribution in [0.5, 0.6) is 0 Å². The van der Waals surface area contributed by atoms with E-state index in [-0.39, 0.29) is 22.5 Å². The normalized spacial score (nSPS) is 12.3. The summed E-state index contributed by atoms with van der Waals surface area (Å²) in [6, 6.07) is 15.8. The fraction of sp³-hybridized carbons (Fsp3) is 0.346. The molecule has 0 fully saturated rings. The van der Waals surface area contributed by atoms with Crippen LogP contribution in [0.4, 0.5) is 10.8 Å². The van der Waals surface area contributed by atoms with Crippen LogP contribution < -0.4 is 10.6 Å². The first-order valence-corrected chi connectivity index (χ1v) is 12.8. The van der Waals surface area contributed by atoms with Crippen molar-refractivity contribution in [2.75, 3.05) is 10.6 Å². The minimum Gasteiger partial charge on any atom is -0.326 e. The summed E-state index contributed by atoms with van der Waals surface area (Å²) in [5.41, 5.74) is 3.76. The van der Waals surface area contributed by atoms with Gasteiger partial charge in [-0.3, -0.25) is 9.59 Å². The zero-order valence-corrected chi connectivity index (χ0v) is 21.4. The van der Waals surface area contributed by atoms with Crippen LogP contribution in [0, 0.1) is 12.3 Å². The molecule has 0 aliphatic rings. The van der Waals surface area contributed by atoms with Gasteiger partial charge in [-0.1, -0.05) is 63.6 Å². The van der Waals surface area contributed by atoms with E-state index in [2.05, 4.69) is 34.7 Å². The van der Waals surface area contributed by atoms with Crippen molar-refractivity contribution in [2.45, 2.75) is 57.6 Å². The first kappa shape index (κ1) is 25.0. The zero-order chi connectivity index (χ0) is 24.0. The molecular weight excluding hydrogens is 450 g/mol. The van der Waals surface area contributed by atoms with Gasteiger partial charge in [0.1, 0.15) is 0 Å². The predicted octanol–water partition coefficient (Wildman–Crippen LogP) is 7.00. The molecule has 5 nitrogen and oxygen atoms in total. The van der Waals surface area contributed by atoms with Crippen molar-refractivity contribution < 1.29 is 9.59 Å². The Labute approximate surface area is 204 Å². The highest BCUT2D eigenvalue weighted by Gasteiger charge is 2.20. The molecule has 0 bridgehead atoms. The highest BCUT2D eigenvalue weighted by molar-refractivity contribution is 8.00. The van der Waals surface area contributed by atoms with E-state index in [0.29, 0.717) is 18.0 Å². The number of carbonyl (C=O) groups is 2. The average molecular weight is 482 g/mol. The van der Waals surface area contributed by atoms with Gasteiger partial charge in [0, 0.05) is 27.9 Å². The van der Waals surface area contributed by atoms with Crippen molar-refractivity contribution in [1.29, 1.82) is 0 Å². The first-order chi connectivity index (χ1) is 15.6. The van der Waals surface area contributed by atoms with Crippen molar-refractivity contribution in [2.24, 2.45) is 5.41 Å². The van der Waals surface area contributed by atoms with E-state index >= 15 is 0 Å². The van der Waals surface area contributed by atoms with E-state index in [1.807, 2.05) is 69.5 Å².